The fourth-order valence-electron chi connectivity index (χ4n) is 3.83. The van der Waals surface area contributed by atoms with Crippen LogP contribution in [-0.2, 0) is 20.8 Å². The molecule has 0 unspecified atom stereocenters. The van der Waals surface area contributed by atoms with Gasteiger partial charge in [-0.05, 0) is 61.9 Å². The molecule has 10 nitrogen and oxygen atoms in total. The average Bonchev–Trinajstić information content (AvgIpc) is 3.10. The lowest BCUT2D eigenvalue weighted by Gasteiger charge is -2.15. The summed E-state index contributed by atoms with van der Waals surface area (Å²) in [5.41, 5.74) is 2.21. The monoisotopic (exact) mass is 534 g/mol. The smallest absolute Gasteiger partial charge is 0.283 e. The molecule has 0 bridgehead atoms. The summed E-state index contributed by atoms with van der Waals surface area (Å²) in [5.74, 6) is -0.980. The second-order valence-corrected chi connectivity index (χ2v) is 8.74. The molecular formula is C27H23ClN4O6. The third kappa shape index (κ3) is 5.65. The summed E-state index contributed by atoms with van der Waals surface area (Å²) in [6.07, 6.45) is 0.0222. The number of rotatable bonds is 9. The zero-order chi connectivity index (χ0) is 27.4. The number of benzene rings is 3. The van der Waals surface area contributed by atoms with E-state index in [2.05, 4.69) is 10.6 Å². The summed E-state index contributed by atoms with van der Waals surface area (Å²) in [4.78, 5) is 49.7. The molecule has 2 N–H and O–H groups in total. The number of imide groups is 1. The van der Waals surface area contributed by atoms with Crippen LogP contribution < -0.4 is 20.3 Å². The number of nitrogens with zero attached hydrogens (tertiary/aromatic N) is 2. The van der Waals surface area contributed by atoms with E-state index in [9.17, 15) is 24.5 Å². The third-order valence-electron chi connectivity index (χ3n) is 5.71. The molecule has 3 aromatic carbocycles. The van der Waals surface area contributed by atoms with Gasteiger partial charge in [-0.15, -0.1) is 0 Å². The number of anilines is 3. The van der Waals surface area contributed by atoms with Crippen LogP contribution in [0.5, 0.6) is 5.75 Å². The topological polar surface area (TPSA) is 131 Å². The molecule has 1 heterocycles. The van der Waals surface area contributed by atoms with Gasteiger partial charge in [0.1, 0.15) is 16.5 Å². The molecule has 4 rings (SSSR count). The summed E-state index contributed by atoms with van der Waals surface area (Å²) in [6, 6.07) is 17.7. The molecule has 3 aromatic rings. The van der Waals surface area contributed by atoms with Gasteiger partial charge in [-0.2, -0.15) is 0 Å². The number of ether oxygens (including phenoxy) is 1. The Labute approximate surface area is 223 Å². The fourth-order valence-corrected chi connectivity index (χ4v) is 4.04. The number of nitro groups is 1. The summed E-state index contributed by atoms with van der Waals surface area (Å²) < 4.78 is 5.39. The van der Waals surface area contributed by atoms with Crippen molar-refractivity contribution in [2.75, 3.05) is 22.1 Å². The van der Waals surface area contributed by atoms with Gasteiger partial charge in [-0.3, -0.25) is 24.5 Å². The van der Waals surface area contributed by atoms with E-state index < -0.39 is 16.7 Å². The van der Waals surface area contributed by atoms with Gasteiger partial charge >= 0.3 is 0 Å². The van der Waals surface area contributed by atoms with E-state index in [4.69, 9.17) is 16.3 Å². The Morgan fingerprint density at radius 1 is 1.00 bits per heavy atom. The fraction of sp³-hybridized carbons (Fsp3) is 0.148. The van der Waals surface area contributed by atoms with Crippen LogP contribution in [0.1, 0.15) is 18.1 Å². The first-order valence-corrected chi connectivity index (χ1v) is 12.0. The summed E-state index contributed by atoms with van der Waals surface area (Å²) in [5, 5.41) is 16.4. The van der Waals surface area contributed by atoms with Gasteiger partial charge in [0.25, 0.3) is 17.5 Å². The van der Waals surface area contributed by atoms with E-state index in [1.807, 2.05) is 6.92 Å². The van der Waals surface area contributed by atoms with Crippen molar-refractivity contribution in [1.82, 2.24) is 0 Å². The predicted molar refractivity (Wildman–Crippen MR) is 143 cm³/mol. The van der Waals surface area contributed by atoms with E-state index in [-0.39, 0.29) is 28.7 Å². The Kier molecular flexibility index (Phi) is 7.73. The zero-order valence-electron chi connectivity index (χ0n) is 20.5. The van der Waals surface area contributed by atoms with Crippen molar-refractivity contribution in [1.29, 1.82) is 0 Å². The Morgan fingerprint density at radius 3 is 2.29 bits per heavy atom. The minimum atomic E-state index is -0.645. The van der Waals surface area contributed by atoms with Gasteiger partial charge in [0.2, 0.25) is 5.91 Å². The number of nitrogens with one attached hydrogen (secondary N) is 2. The van der Waals surface area contributed by atoms with Crippen LogP contribution in [0.25, 0.3) is 0 Å². The zero-order valence-corrected chi connectivity index (χ0v) is 21.2. The number of amides is 3. The van der Waals surface area contributed by atoms with Crippen molar-refractivity contribution >= 4 is 52.1 Å². The minimum absolute atomic E-state index is 0.0222. The lowest BCUT2D eigenvalue weighted by molar-refractivity contribution is -0.385. The highest BCUT2D eigenvalue weighted by Gasteiger charge is 2.39. The molecule has 0 atom stereocenters. The molecule has 0 fully saturated rings. The maximum absolute atomic E-state index is 13.0. The highest BCUT2D eigenvalue weighted by molar-refractivity contribution is 6.53. The second-order valence-electron chi connectivity index (χ2n) is 8.37. The van der Waals surface area contributed by atoms with Crippen molar-refractivity contribution in [2.24, 2.45) is 0 Å². The normalized spacial score (nSPS) is 13.1. The lowest BCUT2D eigenvalue weighted by Crippen LogP contribution is -2.32. The number of aryl methyl sites for hydroxylation is 1. The number of halogens is 1. The van der Waals surface area contributed by atoms with Gasteiger partial charge < -0.3 is 15.4 Å². The standard InChI is InChI=1S/C27H23ClN4O6/c1-3-38-21-12-10-20(11-13-21)31-26(34)24(28)25(27(31)35)30-18-8-5-17(6-9-18)14-23(33)29-19-7-4-16(2)22(15-19)32(36)37/h4-13,15,30H,3,14H2,1-2H3,(H,29,33). The molecular weight excluding hydrogens is 512 g/mol. The molecule has 0 spiro atoms. The second kappa shape index (κ2) is 11.1. The van der Waals surface area contributed by atoms with Gasteiger partial charge in [-0.1, -0.05) is 29.8 Å². The first-order chi connectivity index (χ1) is 18.2. The number of carbonyl (C=O) groups is 3. The molecule has 0 aromatic heterocycles. The highest BCUT2D eigenvalue weighted by Crippen LogP contribution is 2.31. The Morgan fingerprint density at radius 2 is 1.66 bits per heavy atom. The van der Waals surface area contributed by atoms with Gasteiger partial charge in [0.05, 0.1) is 23.6 Å². The Bertz CT molecular complexity index is 1450. The first-order valence-electron chi connectivity index (χ1n) is 11.6. The maximum atomic E-state index is 13.0. The summed E-state index contributed by atoms with van der Waals surface area (Å²) in [6.45, 7) is 3.96. The number of hydrogen-bond acceptors (Lipinski definition) is 7. The van der Waals surface area contributed by atoms with Crippen LogP contribution in [0.4, 0.5) is 22.7 Å². The van der Waals surface area contributed by atoms with Crippen molar-refractivity contribution < 1.29 is 24.0 Å². The molecule has 194 valence electrons. The Hall–Kier alpha value is -4.70. The molecule has 1 aliphatic heterocycles. The van der Waals surface area contributed by atoms with Crippen molar-refractivity contribution in [3.8, 4) is 5.75 Å². The maximum Gasteiger partial charge on any atom is 0.283 e. The molecule has 38 heavy (non-hydrogen) atoms. The molecule has 0 saturated heterocycles. The predicted octanol–water partition coefficient (Wildman–Crippen LogP) is 4.92. The number of nitro benzene ring substituents is 1. The van der Waals surface area contributed by atoms with Crippen LogP contribution in [0.3, 0.4) is 0 Å². The molecule has 0 saturated carbocycles. The van der Waals surface area contributed by atoms with Gasteiger partial charge in [0, 0.05) is 23.0 Å². The molecule has 11 heteroatoms. The molecule has 1 aliphatic rings. The lowest BCUT2D eigenvalue weighted by atomic mass is 10.1. The Balaban J connectivity index is 1.40. The largest absolute Gasteiger partial charge is 0.494 e. The SMILES string of the molecule is CCOc1ccc(N2C(=O)C(Cl)=C(Nc3ccc(CC(=O)Nc4ccc(C)c([N+](=O)[O-])c4)cc3)C2=O)cc1. The van der Waals surface area contributed by atoms with Crippen molar-refractivity contribution in [3.05, 3.63) is 98.7 Å². The van der Waals surface area contributed by atoms with E-state index in [1.165, 1.54) is 6.07 Å². The van der Waals surface area contributed by atoms with Crippen molar-refractivity contribution in [3.63, 3.8) is 0 Å². The third-order valence-corrected chi connectivity index (χ3v) is 6.06. The summed E-state index contributed by atoms with van der Waals surface area (Å²) >= 11 is 6.20. The molecule has 0 aliphatic carbocycles. The summed E-state index contributed by atoms with van der Waals surface area (Å²) in [7, 11) is 0. The first kappa shape index (κ1) is 26.4. The van der Waals surface area contributed by atoms with Gasteiger partial charge in [0.15, 0.2) is 0 Å². The van der Waals surface area contributed by atoms with Crippen LogP contribution >= 0.6 is 11.6 Å². The van der Waals surface area contributed by atoms with Crippen LogP contribution in [0.2, 0.25) is 0 Å². The average molecular weight is 535 g/mol. The van der Waals surface area contributed by atoms with Gasteiger partial charge in [-0.25, -0.2) is 4.90 Å². The van der Waals surface area contributed by atoms with E-state index >= 15 is 0 Å². The van der Waals surface area contributed by atoms with E-state index in [0.717, 1.165) is 4.90 Å². The number of hydrogen-bond donors (Lipinski definition) is 2. The van der Waals surface area contributed by atoms with Crippen LogP contribution in [-0.4, -0.2) is 29.3 Å². The quantitative estimate of drug-likeness (QED) is 0.226. The van der Waals surface area contributed by atoms with E-state index in [0.29, 0.717) is 40.5 Å². The van der Waals surface area contributed by atoms with Crippen LogP contribution in [0.15, 0.2) is 77.5 Å². The molecule has 0 radical (unpaired) electrons. The highest BCUT2D eigenvalue weighted by atomic mass is 35.5. The number of carbonyl (C=O) groups excluding carboxylic acids is 3. The van der Waals surface area contributed by atoms with Crippen LogP contribution in [0, 0.1) is 17.0 Å². The van der Waals surface area contributed by atoms with E-state index in [1.54, 1.807) is 67.6 Å². The van der Waals surface area contributed by atoms with Crippen molar-refractivity contribution in [2.45, 2.75) is 20.3 Å². The molecule has 3 amide bonds. The minimum Gasteiger partial charge on any atom is -0.494 e.